The first-order valence-electron chi connectivity index (χ1n) is 6.03. The van der Waals surface area contributed by atoms with Gasteiger partial charge in [0.25, 0.3) is 5.91 Å². The van der Waals surface area contributed by atoms with Crippen molar-refractivity contribution in [2.75, 3.05) is 19.5 Å². The summed E-state index contributed by atoms with van der Waals surface area (Å²) in [6.07, 6.45) is 0. The van der Waals surface area contributed by atoms with E-state index in [0.717, 1.165) is 6.07 Å². The van der Waals surface area contributed by atoms with Crippen molar-refractivity contribution < 1.29 is 18.7 Å². The Balaban J connectivity index is 2.25. The summed E-state index contributed by atoms with van der Waals surface area (Å²) >= 11 is 5.77. The van der Waals surface area contributed by atoms with Crippen LogP contribution >= 0.6 is 11.6 Å². The number of benzene rings is 2. The number of ether oxygens (including phenoxy) is 2. The summed E-state index contributed by atoms with van der Waals surface area (Å²) in [5.74, 6) is -0.245. The average molecular weight is 310 g/mol. The molecule has 0 radical (unpaired) electrons. The van der Waals surface area contributed by atoms with E-state index in [9.17, 15) is 9.18 Å². The molecule has 0 unspecified atom stereocenters. The Morgan fingerprint density at radius 2 is 1.81 bits per heavy atom. The maximum Gasteiger partial charge on any atom is 0.258 e. The molecule has 1 amide bonds. The van der Waals surface area contributed by atoms with Gasteiger partial charge in [-0.2, -0.15) is 0 Å². The second-order valence-corrected chi connectivity index (χ2v) is 4.58. The fourth-order valence-electron chi connectivity index (χ4n) is 1.78. The van der Waals surface area contributed by atoms with Gasteiger partial charge in [0.1, 0.15) is 5.82 Å². The van der Waals surface area contributed by atoms with Crippen molar-refractivity contribution >= 4 is 23.2 Å². The molecule has 6 heteroatoms. The predicted molar refractivity (Wildman–Crippen MR) is 78.9 cm³/mol. The number of hydrogen-bond acceptors (Lipinski definition) is 3. The molecule has 0 aromatic heterocycles. The molecule has 0 saturated heterocycles. The predicted octanol–water partition coefficient (Wildman–Crippen LogP) is 3.75. The van der Waals surface area contributed by atoms with Gasteiger partial charge in [0.15, 0.2) is 11.5 Å². The van der Waals surface area contributed by atoms with Crippen LogP contribution in [-0.2, 0) is 0 Å². The highest BCUT2D eigenvalue weighted by molar-refractivity contribution is 6.31. The number of carbonyl (C=O) groups is 1. The molecule has 4 nitrogen and oxygen atoms in total. The number of rotatable bonds is 4. The second-order valence-electron chi connectivity index (χ2n) is 4.15. The van der Waals surface area contributed by atoms with Crippen molar-refractivity contribution in [3.05, 3.63) is 52.8 Å². The van der Waals surface area contributed by atoms with Crippen LogP contribution in [0.2, 0.25) is 5.02 Å². The van der Waals surface area contributed by atoms with Crippen LogP contribution in [-0.4, -0.2) is 20.1 Å². The molecule has 1 N–H and O–H groups in total. The minimum atomic E-state index is -0.641. The lowest BCUT2D eigenvalue weighted by atomic mass is 10.2. The molecule has 2 aromatic rings. The van der Waals surface area contributed by atoms with E-state index >= 15 is 0 Å². The quantitative estimate of drug-likeness (QED) is 0.935. The van der Waals surface area contributed by atoms with Crippen LogP contribution in [0.3, 0.4) is 0 Å². The zero-order valence-electron chi connectivity index (χ0n) is 11.4. The van der Waals surface area contributed by atoms with Gasteiger partial charge in [-0.05, 0) is 30.3 Å². The molecule has 2 aromatic carbocycles. The number of carbonyl (C=O) groups excluding carboxylic acids is 1. The molecule has 0 fully saturated rings. The number of nitrogens with one attached hydrogen (secondary N) is 1. The third kappa shape index (κ3) is 3.44. The average Bonchev–Trinajstić information content (AvgIpc) is 2.49. The number of hydrogen-bond donors (Lipinski definition) is 1. The molecule has 0 aliphatic rings. The minimum Gasteiger partial charge on any atom is -0.493 e. The van der Waals surface area contributed by atoms with E-state index in [0.29, 0.717) is 17.2 Å². The van der Waals surface area contributed by atoms with E-state index in [1.54, 1.807) is 18.2 Å². The van der Waals surface area contributed by atoms with Crippen molar-refractivity contribution in [1.82, 2.24) is 0 Å². The molecule has 0 saturated carbocycles. The van der Waals surface area contributed by atoms with Crippen LogP contribution in [0.15, 0.2) is 36.4 Å². The van der Waals surface area contributed by atoms with Crippen LogP contribution in [0.1, 0.15) is 10.4 Å². The highest BCUT2D eigenvalue weighted by Gasteiger charge is 2.13. The van der Waals surface area contributed by atoms with Gasteiger partial charge in [0.05, 0.1) is 19.8 Å². The summed E-state index contributed by atoms with van der Waals surface area (Å²) in [4.78, 5) is 12.1. The number of halogens is 2. The SMILES string of the molecule is COc1ccc(NC(=O)c2cc(Cl)ccc2F)cc1OC. The molecular formula is C15H13ClFNO3. The first kappa shape index (κ1) is 15.1. The van der Waals surface area contributed by atoms with Gasteiger partial charge in [0.2, 0.25) is 0 Å². The number of anilines is 1. The third-order valence-electron chi connectivity index (χ3n) is 2.81. The largest absolute Gasteiger partial charge is 0.493 e. The topological polar surface area (TPSA) is 47.6 Å². The van der Waals surface area contributed by atoms with Crippen LogP contribution in [0.25, 0.3) is 0 Å². The monoisotopic (exact) mass is 309 g/mol. The van der Waals surface area contributed by atoms with E-state index in [1.807, 2.05) is 0 Å². The standard InChI is InChI=1S/C15H13ClFNO3/c1-20-13-6-4-10(8-14(13)21-2)18-15(19)11-7-9(16)3-5-12(11)17/h3-8H,1-2H3,(H,18,19). The van der Waals surface area contributed by atoms with Gasteiger partial charge < -0.3 is 14.8 Å². The Bertz CT molecular complexity index is 676. The Morgan fingerprint density at radius 3 is 2.48 bits per heavy atom. The van der Waals surface area contributed by atoms with Crippen molar-refractivity contribution in [2.24, 2.45) is 0 Å². The first-order valence-corrected chi connectivity index (χ1v) is 6.41. The Labute approximate surface area is 126 Å². The van der Waals surface area contributed by atoms with Gasteiger partial charge in [-0.3, -0.25) is 4.79 Å². The number of methoxy groups -OCH3 is 2. The van der Waals surface area contributed by atoms with Crippen molar-refractivity contribution in [3.63, 3.8) is 0 Å². The molecule has 110 valence electrons. The molecule has 0 aliphatic heterocycles. The molecular weight excluding hydrogens is 297 g/mol. The van der Waals surface area contributed by atoms with Crippen molar-refractivity contribution in [1.29, 1.82) is 0 Å². The van der Waals surface area contributed by atoms with E-state index < -0.39 is 11.7 Å². The molecule has 0 atom stereocenters. The summed E-state index contributed by atoms with van der Waals surface area (Å²) in [6, 6.07) is 8.65. The summed E-state index contributed by atoms with van der Waals surface area (Å²) in [6.45, 7) is 0. The highest BCUT2D eigenvalue weighted by Crippen LogP contribution is 2.30. The molecule has 0 spiro atoms. The van der Waals surface area contributed by atoms with Gasteiger partial charge in [-0.25, -0.2) is 4.39 Å². The molecule has 0 heterocycles. The molecule has 0 aliphatic carbocycles. The van der Waals surface area contributed by atoms with Crippen molar-refractivity contribution in [2.45, 2.75) is 0 Å². The Kier molecular flexibility index (Phi) is 4.65. The van der Waals surface area contributed by atoms with Crippen LogP contribution < -0.4 is 14.8 Å². The summed E-state index contributed by atoms with van der Waals surface area (Å²) in [7, 11) is 3.00. The Morgan fingerprint density at radius 1 is 1.10 bits per heavy atom. The van der Waals surface area contributed by atoms with Crippen LogP contribution in [0.4, 0.5) is 10.1 Å². The van der Waals surface area contributed by atoms with E-state index in [1.165, 1.54) is 26.4 Å². The highest BCUT2D eigenvalue weighted by atomic mass is 35.5. The summed E-state index contributed by atoms with van der Waals surface area (Å²) in [5.41, 5.74) is 0.328. The second kappa shape index (κ2) is 6.45. The fourth-order valence-corrected chi connectivity index (χ4v) is 1.96. The van der Waals surface area contributed by atoms with Gasteiger partial charge in [-0.1, -0.05) is 11.6 Å². The zero-order chi connectivity index (χ0) is 15.4. The lowest BCUT2D eigenvalue weighted by Gasteiger charge is -2.11. The third-order valence-corrected chi connectivity index (χ3v) is 3.05. The summed E-state index contributed by atoms with van der Waals surface area (Å²) in [5, 5.41) is 2.87. The maximum atomic E-state index is 13.6. The normalized spacial score (nSPS) is 10.1. The number of amides is 1. The molecule has 2 rings (SSSR count). The van der Waals surface area contributed by atoms with Gasteiger partial charge >= 0.3 is 0 Å². The van der Waals surface area contributed by atoms with Gasteiger partial charge in [0, 0.05) is 16.8 Å². The van der Waals surface area contributed by atoms with E-state index in [-0.39, 0.29) is 10.6 Å². The van der Waals surface area contributed by atoms with Crippen LogP contribution in [0.5, 0.6) is 11.5 Å². The van der Waals surface area contributed by atoms with Crippen molar-refractivity contribution in [3.8, 4) is 11.5 Å². The van der Waals surface area contributed by atoms with Gasteiger partial charge in [-0.15, -0.1) is 0 Å². The smallest absolute Gasteiger partial charge is 0.258 e. The van der Waals surface area contributed by atoms with Crippen LogP contribution in [0, 0.1) is 5.82 Å². The maximum absolute atomic E-state index is 13.6. The van der Waals surface area contributed by atoms with E-state index in [2.05, 4.69) is 5.32 Å². The molecule has 0 bridgehead atoms. The molecule has 21 heavy (non-hydrogen) atoms. The zero-order valence-corrected chi connectivity index (χ0v) is 12.2. The Hall–Kier alpha value is -2.27. The minimum absolute atomic E-state index is 0.128. The lowest BCUT2D eigenvalue weighted by Crippen LogP contribution is -2.13. The lowest BCUT2D eigenvalue weighted by molar-refractivity contribution is 0.102. The van der Waals surface area contributed by atoms with E-state index in [4.69, 9.17) is 21.1 Å². The summed E-state index contributed by atoms with van der Waals surface area (Å²) < 4.78 is 23.9. The first-order chi connectivity index (χ1) is 10.0. The fraction of sp³-hybridized carbons (Fsp3) is 0.133.